The summed E-state index contributed by atoms with van der Waals surface area (Å²) in [6.45, 7) is 7.56. The molecule has 3 nitrogen and oxygen atoms in total. The number of rotatable bonds is 5. The van der Waals surface area contributed by atoms with Crippen molar-refractivity contribution in [1.82, 2.24) is 0 Å². The number of hydrogen-bond donors (Lipinski definition) is 0. The third-order valence-corrected chi connectivity index (χ3v) is 3.65. The first-order chi connectivity index (χ1) is 10.5. The molecule has 23 heavy (non-hydrogen) atoms. The number of halogens is 2. The molecule has 1 fully saturated rings. The standard InChI is InChI=1S/C18H24F2O3/c1-16(2,3)23-15(21)9-13-5-7-14(8-6-13)22-12-17(4)10-18(19,20)11-17/h5-8H,9-12H2,1-4H3. The van der Waals surface area contributed by atoms with Crippen molar-refractivity contribution in [1.29, 1.82) is 0 Å². The summed E-state index contributed by atoms with van der Waals surface area (Å²) in [5.41, 5.74) is -0.132. The Morgan fingerprint density at radius 1 is 1.17 bits per heavy atom. The lowest BCUT2D eigenvalue weighted by atomic mass is 9.68. The Morgan fingerprint density at radius 3 is 2.22 bits per heavy atom. The van der Waals surface area contributed by atoms with Crippen molar-refractivity contribution in [3.05, 3.63) is 29.8 Å². The third kappa shape index (κ3) is 5.48. The van der Waals surface area contributed by atoms with Gasteiger partial charge in [0.2, 0.25) is 5.92 Å². The monoisotopic (exact) mass is 326 g/mol. The summed E-state index contributed by atoms with van der Waals surface area (Å²) >= 11 is 0. The topological polar surface area (TPSA) is 35.5 Å². The van der Waals surface area contributed by atoms with E-state index in [9.17, 15) is 13.6 Å². The first kappa shape index (κ1) is 17.7. The van der Waals surface area contributed by atoms with Crippen molar-refractivity contribution >= 4 is 5.97 Å². The van der Waals surface area contributed by atoms with Crippen LogP contribution in [0, 0.1) is 5.41 Å². The second kappa shape index (κ2) is 6.10. The van der Waals surface area contributed by atoms with Crippen molar-refractivity contribution in [2.75, 3.05) is 6.61 Å². The van der Waals surface area contributed by atoms with Crippen LogP contribution in [0.2, 0.25) is 0 Å². The molecule has 128 valence electrons. The molecule has 0 atom stereocenters. The van der Waals surface area contributed by atoms with Gasteiger partial charge in [-0.2, -0.15) is 0 Å². The lowest BCUT2D eigenvalue weighted by molar-refractivity contribution is -0.164. The van der Waals surface area contributed by atoms with E-state index < -0.39 is 16.9 Å². The first-order valence-corrected chi connectivity index (χ1v) is 7.78. The Labute approximate surface area is 136 Å². The highest BCUT2D eigenvalue weighted by atomic mass is 19.3. The predicted molar refractivity (Wildman–Crippen MR) is 83.8 cm³/mol. The van der Waals surface area contributed by atoms with Crippen LogP contribution in [0.5, 0.6) is 5.75 Å². The molecule has 1 aromatic carbocycles. The molecule has 1 aliphatic rings. The van der Waals surface area contributed by atoms with Crippen molar-refractivity contribution < 1.29 is 23.0 Å². The van der Waals surface area contributed by atoms with Gasteiger partial charge >= 0.3 is 5.97 Å². The molecule has 1 aliphatic carbocycles. The lowest BCUT2D eigenvalue weighted by Gasteiger charge is -2.44. The van der Waals surface area contributed by atoms with Crippen LogP contribution in [-0.4, -0.2) is 24.1 Å². The minimum atomic E-state index is -2.55. The van der Waals surface area contributed by atoms with E-state index in [-0.39, 0.29) is 31.8 Å². The van der Waals surface area contributed by atoms with Gasteiger partial charge in [0.05, 0.1) is 13.0 Å². The van der Waals surface area contributed by atoms with Gasteiger partial charge < -0.3 is 9.47 Å². The van der Waals surface area contributed by atoms with E-state index in [1.54, 1.807) is 31.2 Å². The maximum absolute atomic E-state index is 13.0. The average molecular weight is 326 g/mol. The molecule has 5 heteroatoms. The number of benzene rings is 1. The SMILES string of the molecule is CC1(COc2ccc(CC(=O)OC(C)(C)C)cc2)CC(F)(F)C1. The molecular weight excluding hydrogens is 302 g/mol. The van der Waals surface area contributed by atoms with Crippen molar-refractivity contribution in [3.8, 4) is 5.75 Å². The van der Waals surface area contributed by atoms with E-state index >= 15 is 0 Å². The fraction of sp³-hybridized carbons (Fsp3) is 0.611. The number of alkyl halides is 2. The Kier molecular flexibility index (Phi) is 4.69. The number of ether oxygens (including phenoxy) is 2. The van der Waals surface area contributed by atoms with Crippen LogP contribution in [-0.2, 0) is 16.0 Å². The molecule has 0 N–H and O–H groups in total. The Hall–Kier alpha value is -1.65. The van der Waals surface area contributed by atoms with Crippen LogP contribution in [0.3, 0.4) is 0 Å². The van der Waals surface area contributed by atoms with Crippen LogP contribution in [0.1, 0.15) is 46.1 Å². The number of hydrogen-bond acceptors (Lipinski definition) is 3. The summed E-state index contributed by atoms with van der Waals surface area (Å²) < 4.78 is 36.8. The lowest BCUT2D eigenvalue weighted by Crippen LogP contribution is -2.47. The molecule has 0 bridgehead atoms. The van der Waals surface area contributed by atoms with Crippen LogP contribution in [0.15, 0.2) is 24.3 Å². The van der Waals surface area contributed by atoms with E-state index in [0.717, 1.165) is 5.56 Å². The Bertz CT molecular complexity index is 551. The highest BCUT2D eigenvalue weighted by molar-refractivity contribution is 5.73. The summed E-state index contributed by atoms with van der Waals surface area (Å²) in [4.78, 5) is 11.8. The van der Waals surface area contributed by atoms with Crippen molar-refractivity contribution in [2.24, 2.45) is 5.41 Å². The van der Waals surface area contributed by atoms with E-state index in [1.165, 1.54) is 0 Å². The van der Waals surface area contributed by atoms with Gasteiger partial charge in [-0.15, -0.1) is 0 Å². The van der Waals surface area contributed by atoms with Gasteiger partial charge in [0, 0.05) is 18.3 Å². The molecule has 0 amide bonds. The summed E-state index contributed by atoms with van der Waals surface area (Å²) in [7, 11) is 0. The molecule has 2 rings (SSSR count). The molecule has 0 radical (unpaired) electrons. The van der Waals surface area contributed by atoms with Gasteiger partial charge in [-0.25, -0.2) is 8.78 Å². The minimum absolute atomic E-state index is 0.128. The average Bonchev–Trinajstić information content (AvgIpc) is 2.33. The fourth-order valence-electron chi connectivity index (χ4n) is 2.80. The second-order valence-corrected chi connectivity index (χ2v) is 7.72. The van der Waals surface area contributed by atoms with Gasteiger partial charge in [-0.1, -0.05) is 19.1 Å². The minimum Gasteiger partial charge on any atom is -0.493 e. The number of esters is 1. The van der Waals surface area contributed by atoms with Gasteiger partial charge in [0.25, 0.3) is 0 Å². The van der Waals surface area contributed by atoms with Crippen molar-refractivity contribution in [3.63, 3.8) is 0 Å². The predicted octanol–water partition coefficient (Wildman–Crippen LogP) is 4.39. The first-order valence-electron chi connectivity index (χ1n) is 7.78. The highest BCUT2D eigenvalue weighted by Crippen LogP contribution is 2.51. The molecule has 1 saturated carbocycles. The van der Waals surface area contributed by atoms with Gasteiger partial charge in [-0.3, -0.25) is 4.79 Å². The zero-order valence-corrected chi connectivity index (χ0v) is 14.1. The Balaban J connectivity index is 1.82. The quantitative estimate of drug-likeness (QED) is 0.753. The third-order valence-electron chi connectivity index (χ3n) is 3.65. The zero-order chi connectivity index (χ0) is 17.3. The smallest absolute Gasteiger partial charge is 0.310 e. The maximum Gasteiger partial charge on any atom is 0.310 e. The summed E-state index contributed by atoms with van der Waals surface area (Å²) in [5, 5.41) is 0. The summed E-state index contributed by atoms with van der Waals surface area (Å²) in [6.07, 6.45) is -0.0606. The fourth-order valence-corrected chi connectivity index (χ4v) is 2.80. The van der Waals surface area contributed by atoms with E-state index in [0.29, 0.717) is 5.75 Å². The molecule has 0 aromatic heterocycles. The molecule has 0 heterocycles. The highest BCUT2D eigenvalue weighted by Gasteiger charge is 2.54. The van der Waals surface area contributed by atoms with Gasteiger partial charge in [-0.05, 0) is 38.5 Å². The van der Waals surface area contributed by atoms with Crippen molar-refractivity contribution in [2.45, 2.75) is 58.5 Å². The molecular formula is C18H24F2O3. The second-order valence-electron chi connectivity index (χ2n) is 7.72. The van der Waals surface area contributed by atoms with Crippen LogP contribution in [0.25, 0.3) is 0 Å². The van der Waals surface area contributed by atoms with E-state index in [1.807, 2.05) is 20.8 Å². The Morgan fingerprint density at radius 2 is 1.74 bits per heavy atom. The van der Waals surface area contributed by atoms with E-state index in [4.69, 9.17) is 9.47 Å². The van der Waals surface area contributed by atoms with Crippen LogP contribution < -0.4 is 4.74 Å². The summed E-state index contributed by atoms with van der Waals surface area (Å²) in [6, 6.07) is 7.08. The molecule has 0 aliphatic heterocycles. The van der Waals surface area contributed by atoms with E-state index in [2.05, 4.69) is 0 Å². The van der Waals surface area contributed by atoms with Crippen LogP contribution >= 0.6 is 0 Å². The molecule has 1 aromatic rings. The normalized spacial score (nSPS) is 18.9. The molecule has 0 unspecified atom stereocenters. The molecule has 0 spiro atoms. The maximum atomic E-state index is 13.0. The van der Waals surface area contributed by atoms with Gasteiger partial charge in [0.15, 0.2) is 0 Å². The van der Waals surface area contributed by atoms with Crippen LogP contribution in [0.4, 0.5) is 8.78 Å². The molecule has 0 saturated heterocycles. The number of carbonyl (C=O) groups excluding carboxylic acids is 1. The van der Waals surface area contributed by atoms with Gasteiger partial charge in [0.1, 0.15) is 11.4 Å². The zero-order valence-electron chi connectivity index (χ0n) is 14.1. The summed E-state index contributed by atoms with van der Waals surface area (Å²) in [5.74, 6) is -2.21. The largest absolute Gasteiger partial charge is 0.493 e. The number of carbonyl (C=O) groups is 1.